The van der Waals surface area contributed by atoms with E-state index in [2.05, 4.69) is 5.32 Å². The summed E-state index contributed by atoms with van der Waals surface area (Å²) < 4.78 is 24.1. The second-order valence-electron chi connectivity index (χ2n) is 5.99. The van der Waals surface area contributed by atoms with Gasteiger partial charge in [0.15, 0.2) is 0 Å². The van der Waals surface area contributed by atoms with Gasteiger partial charge in [-0.1, -0.05) is 72.8 Å². The molecule has 1 N–H and O–H groups in total. The smallest absolute Gasteiger partial charge is 0.206 e. The minimum atomic E-state index is -3.34. The maximum absolute atomic E-state index is 12.0. The fourth-order valence-electron chi connectivity index (χ4n) is 2.55. The Morgan fingerprint density at radius 2 is 0.714 bits per heavy atom. The number of hydrogen-bond acceptors (Lipinski definition) is 3. The summed E-state index contributed by atoms with van der Waals surface area (Å²) in [5.74, 6) is 0. The molecule has 4 heteroatoms. The van der Waals surface area contributed by atoms with E-state index in [0.717, 1.165) is 11.4 Å². The third-order valence-electron chi connectivity index (χ3n) is 3.94. The van der Waals surface area contributed by atoms with Crippen molar-refractivity contribution in [3.8, 4) is 0 Å². The molecule has 0 atom stereocenters. The highest BCUT2D eigenvalue weighted by Crippen LogP contribution is 2.19. The topological polar surface area (TPSA) is 46.2 Å². The Morgan fingerprint density at radius 1 is 0.429 bits per heavy atom. The van der Waals surface area contributed by atoms with Gasteiger partial charge in [0, 0.05) is 11.4 Å². The summed E-state index contributed by atoms with van der Waals surface area (Å²) in [7, 11) is -3.34. The molecule has 0 radical (unpaired) electrons. The summed E-state index contributed by atoms with van der Waals surface area (Å²) in [4.78, 5) is 0.660. The maximum atomic E-state index is 12.0. The molecule has 3 nitrogen and oxygen atoms in total. The molecule has 0 aromatic heterocycles. The average Bonchev–Trinajstić information content (AvgIpc) is 2.77. The summed E-state index contributed by atoms with van der Waals surface area (Å²) in [5, 5.41) is 3.30. The maximum Gasteiger partial charge on any atom is 0.206 e. The van der Waals surface area contributed by atoms with Crippen LogP contribution in [0.3, 0.4) is 0 Å². The van der Waals surface area contributed by atoms with Crippen molar-refractivity contribution in [1.82, 2.24) is 0 Å². The number of para-hydroxylation sites is 2. The fraction of sp³-hybridized carbons (Fsp3) is 0. The van der Waals surface area contributed by atoms with Crippen LogP contribution in [0.15, 0.2) is 131 Å². The van der Waals surface area contributed by atoms with E-state index in [1.807, 2.05) is 60.7 Å². The first kappa shape index (κ1) is 19.4. The molecule has 4 aromatic rings. The monoisotopic (exact) mass is 387 g/mol. The Balaban J connectivity index is 0.000000162. The van der Waals surface area contributed by atoms with E-state index >= 15 is 0 Å². The molecule has 4 aromatic carbocycles. The van der Waals surface area contributed by atoms with Gasteiger partial charge in [-0.15, -0.1) is 0 Å². The fourth-order valence-corrected chi connectivity index (χ4v) is 3.85. The van der Waals surface area contributed by atoms with Crippen LogP contribution >= 0.6 is 0 Å². The Hall–Kier alpha value is -3.37. The van der Waals surface area contributed by atoms with Crippen molar-refractivity contribution < 1.29 is 8.42 Å². The van der Waals surface area contributed by atoms with Crippen molar-refractivity contribution in [2.75, 3.05) is 5.32 Å². The summed E-state index contributed by atoms with van der Waals surface area (Å²) >= 11 is 0. The molecule has 0 saturated carbocycles. The zero-order valence-electron chi connectivity index (χ0n) is 15.3. The third-order valence-corrected chi connectivity index (χ3v) is 5.73. The van der Waals surface area contributed by atoms with Crippen LogP contribution < -0.4 is 5.32 Å². The molecule has 0 aliphatic carbocycles. The Labute approximate surface area is 166 Å². The van der Waals surface area contributed by atoms with Crippen molar-refractivity contribution in [3.63, 3.8) is 0 Å². The molecule has 28 heavy (non-hydrogen) atoms. The van der Waals surface area contributed by atoms with Crippen LogP contribution in [-0.2, 0) is 9.84 Å². The van der Waals surface area contributed by atoms with Crippen LogP contribution in [-0.4, -0.2) is 8.42 Å². The molecule has 0 fully saturated rings. The molecule has 4 rings (SSSR count). The number of nitrogens with one attached hydrogen (secondary N) is 1. The lowest BCUT2D eigenvalue weighted by atomic mass is 10.3. The number of hydrogen-bond donors (Lipinski definition) is 1. The van der Waals surface area contributed by atoms with Crippen LogP contribution in [0.1, 0.15) is 0 Å². The van der Waals surface area contributed by atoms with E-state index < -0.39 is 9.84 Å². The zero-order valence-corrected chi connectivity index (χ0v) is 16.1. The van der Waals surface area contributed by atoms with Gasteiger partial charge in [0.05, 0.1) is 9.79 Å². The first-order chi connectivity index (χ1) is 13.7. The van der Waals surface area contributed by atoms with E-state index in [1.54, 1.807) is 60.7 Å². The van der Waals surface area contributed by atoms with Crippen molar-refractivity contribution in [1.29, 1.82) is 0 Å². The predicted molar refractivity (Wildman–Crippen MR) is 115 cm³/mol. The van der Waals surface area contributed by atoms with Gasteiger partial charge in [-0.05, 0) is 48.5 Å². The number of rotatable bonds is 4. The van der Waals surface area contributed by atoms with Crippen LogP contribution in [0.5, 0.6) is 0 Å². The summed E-state index contributed by atoms with van der Waals surface area (Å²) in [6.45, 7) is 0. The molecule has 0 unspecified atom stereocenters. The molecule has 0 aliphatic rings. The van der Waals surface area contributed by atoms with Crippen LogP contribution in [0.2, 0.25) is 0 Å². The molecule has 0 aliphatic heterocycles. The van der Waals surface area contributed by atoms with Crippen LogP contribution in [0.25, 0.3) is 0 Å². The lowest BCUT2D eigenvalue weighted by Gasteiger charge is -2.04. The third kappa shape index (κ3) is 5.32. The Kier molecular flexibility index (Phi) is 6.60. The molecular weight excluding hydrogens is 366 g/mol. The second-order valence-corrected chi connectivity index (χ2v) is 7.94. The predicted octanol–water partition coefficient (Wildman–Crippen LogP) is 5.95. The van der Waals surface area contributed by atoms with Crippen molar-refractivity contribution in [2.24, 2.45) is 0 Å². The van der Waals surface area contributed by atoms with Gasteiger partial charge in [-0.25, -0.2) is 8.42 Å². The largest absolute Gasteiger partial charge is 0.356 e. The van der Waals surface area contributed by atoms with Gasteiger partial charge in [0.1, 0.15) is 0 Å². The van der Waals surface area contributed by atoms with Crippen LogP contribution in [0.4, 0.5) is 11.4 Å². The standard InChI is InChI=1S/C12H11N.C12H10O2S/c1-3-7-11(8-4-1)13-12-9-5-2-6-10-12;13-15(14,11-7-3-1-4-8-11)12-9-5-2-6-10-12/h1-10,13H;1-10H. The summed E-state index contributed by atoms with van der Waals surface area (Å²) in [6.07, 6.45) is 0. The Morgan fingerprint density at radius 3 is 1.04 bits per heavy atom. The van der Waals surface area contributed by atoms with Gasteiger partial charge in [-0.3, -0.25) is 0 Å². The number of anilines is 2. The lowest BCUT2D eigenvalue weighted by Crippen LogP contribution is -2.00. The van der Waals surface area contributed by atoms with E-state index in [9.17, 15) is 8.42 Å². The highest BCUT2D eigenvalue weighted by molar-refractivity contribution is 7.91. The van der Waals surface area contributed by atoms with Gasteiger partial charge >= 0.3 is 0 Å². The van der Waals surface area contributed by atoms with Gasteiger partial charge < -0.3 is 5.32 Å². The molecule has 0 spiro atoms. The molecule has 0 bridgehead atoms. The number of benzene rings is 4. The average molecular weight is 388 g/mol. The lowest BCUT2D eigenvalue weighted by molar-refractivity contribution is 0.596. The summed E-state index contributed by atoms with van der Waals surface area (Å²) in [6, 6.07) is 37.2. The van der Waals surface area contributed by atoms with Gasteiger partial charge in [0.25, 0.3) is 0 Å². The molecular formula is C24H21NO2S. The van der Waals surface area contributed by atoms with E-state index in [4.69, 9.17) is 0 Å². The quantitative estimate of drug-likeness (QED) is 0.471. The SMILES string of the molecule is O=S(=O)(c1ccccc1)c1ccccc1.c1ccc(Nc2ccccc2)cc1. The first-order valence-electron chi connectivity index (χ1n) is 8.88. The molecule has 0 amide bonds. The van der Waals surface area contributed by atoms with Crippen molar-refractivity contribution in [3.05, 3.63) is 121 Å². The molecule has 140 valence electrons. The van der Waals surface area contributed by atoms with Gasteiger partial charge in [-0.2, -0.15) is 0 Å². The van der Waals surface area contributed by atoms with E-state index in [-0.39, 0.29) is 0 Å². The number of sulfone groups is 1. The minimum absolute atomic E-state index is 0.330. The van der Waals surface area contributed by atoms with Crippen molar-refractivity contribution in [2.45, 2.75) is 9.79 Å². The van der Waals surface area contributed by atoms with E-state index in [0.29, 0.717) is 9.79 Å². The van der Waals surface area contributed by atoms with Crippen LogP contribution in [0, 0.1) is 0 Å². The summed E-state index contributed by atoms with van der Waals surface area (Å²) in [5.41, 5.74) is 2.24. The van der Waals surface area contributed by atoms with Crippen molar-refractivity contribution >= 4 is 21.2 Å². The van der Waals surface area contributed by atoms with Gasteiger partial charge in [0.2, 0.25) is 9.84 Å². The first-order valence-corrected chi connectivity index (χ1v) is 10.4. The normalized spacial score (nSPS) is 10.4. The van der Waals surface area contributed by atoms with E-state index in [1.165, 1.54) is 0 Å². The molecule has 0 saturated heterocycles. The minimum Gasteiger partial charge on any atom is -0.356 e. The Bertz CT molecular complexity index is 984. The molecule has 0 heterocycles. The highest BCUT2D eigenvalue weighted by Gasteiger charge is 2.15. The highest BCUT2D eigenvalue weighted by atomic mass is 32.2. The second kappa shape index (κ2) is 9.53. The zero-order chi connectivity index (χ0) is 19.7.